The van der Waals surface area contributed by atoms with Gasteiger partial charge in [0.05, 0.1) is 19.7 Å². The quantitative estimate of drug-likeness (QED) is 0.804. The van der Waals surface area contributed by atoms with Gasteiger partial charge in [0.25, 0.3) is 0 Å². The number of nitrogens with zero attached hydrogens (tertiary/aromatic N) is 2. The zero-order chi connectivity index (χ0) is 16.9. The maximum atomic E-state index is 12.0. The number of hydrogen-bond acceptors (Lipinski definition) is 5. The Balaban J connectivity index is 1.66. The van der Waals surface area contributed by atoms with Gasteiger partial charge in [-0.15, -0.1) is 0 Å². The topological polar surface area (TPSA) is 71.9 Å². The highest BCUT2D eigenvalue weighted by Crippen LogP contribution is 2.46. The molecule has 126 valence electrons. The van der Waals surface area contributed by atoms with E-state index < -0.39 is 16.8 Å². The number of likely N-dealkylation sites (tertiary alicyclic amines) is 1. The zero-order valence-electron chi connectivity index (χ0n) is 13.5. The van der Waals surface area contributed by atoms with Gasteiger partial charge < -0.3 is 19.5 Å². The van der Waals surface area contributed by atoms with Crippen molar-refractivity contribution in [1.29, 1.82) is 0 Å². The van der Waals surface area contributed by atoms with Crippen LogP contribution in [0, 0.1) is 0 Å². The van der Waals surface area contributed by atoms with E-state index >= 15 is 0 Å². The van der Waals surface area contributed by atoms with E-state index in [4.69, 9.17) is 9.47 Å². The lowest BCUT2D eigenvalue weighted by molar-refractivity contribution is -0.109. The third-order valence-corrected chi connectivity index (χ3v) is 4.75. The van der Waals surface area contributed by atoms with Crippen LogP contribution in [-0.4, -0.2) is 52.0 Å². The Hall–Kier alpha value is -1.18. The number of carbonyl (C=O) groups excluding carboxylic acids is 1. The van der Waals surface area contributed by atoms with Crippen LogP contribution in [0.25, 0.3) is 0 Å². The molecule has 1 unspecified atom stereocenters. The van der Waals surface area contributed by atoms with Crippen molar-refractivity contribution in [2.45, 2.75) is 44.0 Å². The van der Waals surface area contributed by atoms with Crippen molar-refractivity contribution < 1.29 is 19.4 Å². The first-order chi connectivity index (χ1) is 10.6. The third-order valence-electron chi connectivity index (χ3n) is 4.12. The second-order valence-corrected chi connectivity index (χ2v) is 8.23. The lowest BCUT2D eigenvalue weighted by Crippen LogP contribution is -2.64. The molecule has 6 nitrogen and oxygen atoms in total. The van der Waals surface area contributed by atoms with Crippen molar-refractivity contribution in [2.24, 2.45) is 0 Å². The van der Waals surface area contributed by atoms with Crippen molar-refractivity contribution in [1.82, 2.24) is 9.88 Å². The summed E-state index contributed by atoms with van der Waals surface area (Å²) in [4.78, 5) is 17.7. The SMILES string of the molecule is CC(C)(C)OC(=O)N1CC2(C1)CC(O)(c1ccncc1Br)CO2. The van der Waals surface area contributed by atoms with E-state index in [-0.39, 0.29) is 12.7 Å². The van der Waals surface area contributed by atoms with Gasteiger partial charge in [0.15, 0.2) is 0 Å². The molecule has 0 radical (unpaired) electrons. The van der Waals surface area contributed by atoms with Crippen LogP contribution in [-0.2, 0) is 15.1 Å². The van der Waals surface area contributed by atoms with E-state index in [0.29, 0.717) is 19.5 Å². The molecule has 1 atom stereocenters. The number of carbonyl (C=O) groups is 1. The molecule has 7 heteroatoms. The molecule has 0 aromatic carbocycles. The molecule has 1 amide bonds. The van der Waals surface area contributed by atoms with Gasteiger partial charge in [0.2, 0.25) is 0 Å². The predicted octanol–water partition coefficient (Wildman–Crippen LogP) is 2.44. The summed E-state index contributed by atoms with van der Waals surface area (Å²) in [5, 5.41) is 10.9. The summed E-state index contributed by atoms with van der Waals surface area (Å²) in [6, 6.07) is 1.79. The highest BCUT2D eigenvalue weighted by atomic mass is 79.9. The molecular formula is C16H21BrN2O4. The fraction of sp³-hybridized carbons (Fsp3) is 0.625. The number of pyridine rings is 1. The largest absolute Gasteiger partial charge is 0.444 e. The van der Waals surface area contributed by atoms with E-state index in [1.54, 1.807) is 23.4 Å². The molecule has 1 N–H and O–H groups in total. The van der Waals surface area contributed by atoms with Gasteiger partial charge in [-0.3, -0.25) is 4.98 Å². The summed E-state index contributed by atoms with van der Waals surface area (Å²) in [6.07, 6.45) is 3.41. The maximum Gasteiger partial charge on any atom is 0.410 e. The normalized spacial score (nSPS) is 26.2. The maximum absolute atomic E-state index is 12.0. The summed E-state index contributed by atoms with van der Waals surface area (Å²) in [5.74, 6) is 0. The minimum absolute atomic E-state index is 0.206. The predicted molar refractivity (Wildman–Crippen MR) is 86.9 cm³/mol. The second kappa shape index (κ2) is 5.43. The van der Waals surface area contributed by atoms with Gasteiger partial charge in [-0.1, -0.05) is 0 Å². The van der Waals surface area contributed by atoms with Crippen molar-refractivity contribution in [2.75, 3.05) is 19.7 Å². The lowest BCUT2D eigenvalue weighted by atomic mass is 9.82. The average molecular weight is 385 g/mol. The summed E-state index contributed by atoms with van der Waals surface area (Å²) < 4.78 is 12.0. The first-order valence-corrected chi connectivity index (χ1v) is 8.36. The number of rotatable bonds is 1. The lowest BCUT2D eigenvalue weighted by Gasteiger charge is -2.47. The molecule has 2 saturated heterocycles. The van der Waals surface area contributed by atoms with Crippen LogP contribution in [0.4, 0.5) is 4.79 Å². The van der Waals surface area contributed by atoms with Gasteiger partial charge >= 0.3 is 6.09 Å². The smallest absolute Gasteiger partial charge is 0.410 e. The molecular weight excluding hydrogens is 364 g/mol. The van der Waals surface area contributed by atoms with Crippen LogP contribution in [0.15, 0.2) is 22.9 Å². The molecule has 3 rings (SSSR count). The van der Waals surface area contributed by atoms with Crippen LogP contribution < -0.4 is 0 Å². The van der Waals surface area contributed by atoms with Crippen LogP contribution >= 0.6 is 15.9 Å². The molecule has 3 heterocycles. The van der Waals surface area contributed by atoms with Crippen molar-refractivity contribution >= 4 is 22.0 Å². The summed E-state index contributed by atoms with van der Waals surface area (Å²) in [5.41, 5.74) is -1.31. The molecule has 2 aliphatic rings. The molecule has 1 spiro atoms. The number of halogens is 1. The van der Waals surface area contributed by atoms with Crippen LogP contribution in [0.1, 0.15) is 32.8 Å². The zero-order valence-corrected chi connectivity index (χ0v) is 15.1. The molecule has 2 fully saturated rings. The molecule has 0 aliphatic carbocycles. The van der Waals surface area contributed by atoms with Gasteiger partial charge in [0, 0.05) is 28.9 Å². The summed E-state index contributed by atoms with van der Waals surface area (Å²) >= 11 is 3.42. The minimum atomic E-state index is -1.07. The minimum Gasteiger partial charge on any atom is -0.444 e. The van der Waals surface area contributed by atoms with Crippen molar-refractivity contribution in [3.8, 4) is 0 Å². The van der Waals surface area contributed by atoms with Crippen LogP contribution in [0.5, 0.6) is 0 Å². The monoisotopic (exact) mass is 384 g/mol. The number of hydrogen-bond donors (Lipinski definition) is 1. The second-order valence-electron chi connectivity index (χ2n) is 7.37. The van der Waals surface area contributed by atoms with E-state index in [1.165, 1.54) is 0 Å². The number of amides is 1. The number of aliphatic hydroxyl groups is 1. The third kappa shape index (κ3) is 3.22. The molecule has 1 aromatic rings. The standard InChI is InChI=1S/C16H21BrN2O4/c1-14(2,3)23-13(20)19-8-15(9-19)7-16(21,10-22-15)11-4-5-18-6-12(11)17/h4-6,21H,7-10H2,1-3H3. The Morgan fingerprint density at radius 2 is 2.17 bits per heavy atom. The average Bonchev–Trinajstić information content (AvgIpc) is 2.75. The van der Waals surface area contributed by atoms with Gasteiger partial charge in [-0.2, -0.15) is 0 Å². The molecule has 0 bridgehead atoms. The van der Waals surface area contributed by atoms with Gasteiger partial charge in [-0.05, 0) is 42.8 Å². The first kappa shape index (κ1) is 16.7. The molecule has 1 aromatic heterocycles. The molecule has 0 saturated carbocycles. The Morgan fingerprint density at radius 3 is 2.78 bits per heavy atom. The Bertz CT molecular complexity index is 625. The Kier molecular flexibility index (Phi) is 3.93. The Labute approximate surface area is 143 Å². The van der Waals surface area contributed by atoms with Crippen molar-refractivity contribution in [3.05, 3.63) is 28.5 Å². The first-order valence-electron chi connectivity index (χ1n) is 7.57. The number of aromatic nitrogens is 1. The van der Waals surface area contributed by atoms with E-state index in [0.717, 1.165) is 10.0 Å². The fourth-order valence-corrected chi connectivity index (χ4v) is 3.76. The van der Waals surface area contributed by atoms with E-state index in [9.17, 15) is 9.90 Å². The fourth-order valence-electron chi connectivity index (χ4n) is 3.14. The molecule has 2 aliphatic heterocycles. The van der Waals surface area contributed by atoms with E-state index in [1.807, 2.05) is 20.8 Å². The highest BCUT2D eigenvalue weighted by molar-refractivity contribution is 9.10. The van der Waals surface area contributed by atoms with Gasteiger partial charge in [-0.25, -0.2) is 4.79 Å². The summed E-state index contributed by atoms with van der Waals surface area (Å²) in [6.45, 7) is 6.60. The van der Waals surface area contributed by atoms with E-state index in [2.05, 4.69) is 20.9 Å². The van der Waals surface area contributed by atoms with Gasteiger partial charge in [0.1, 0.15) is 16.8 Å². The number of ether oxygens (including phenoxy) is 2. The van der Waals surface area contributed by atoms with Crippen LogP contribution in [0.3, 0.4) is 0 Å². The highest BCUT2D eigenvalue weighted by Gasteiger charge is 2.57. The van der Waals surface area contributed by atoms with Crippen molar-refractivity contribution in [3.63, 3.8) is 0 Å². The Morgan fingerprint density at radius 1 is 1.48 bits per heavy atom. The summed E-state index contributed by atoms with van der Waals surface area (Å²) in [7, 11) is 0. The molecule has 23 heavy (non-hydrogen) atoms. The van der Waals surface area contributed by atoms with Crippen LogP contribution in [0.2, 0.25) is 0 Å².